The molecule has 108 valence electrons. The summed E-state index contributed by atoms with van der Waals surface area (Å²) in [6, 6.07) is 12.2. The highest BCUT2D eigenvalue weighted by Crippen LogP contribution is 2.28. The van der Waals surface area contributed by atoms with E-state index in [2.05, 4.69) is 27.8 Å². The summed E-state index contributed by atoms with van der Waals surface area (Å²) in [7, 11) is 0. The molecule has 0 atom stereocenters. The Morgan fingerprint density at radius 1 is 1.24 bits per heavy atom. The summed E-state index contributed by atoms with van der Waals surface area (Å²) in [5, 5.41) is 5.00. The van der Waals surface area contributed by atoms with Gasteiger partial charge in [0.25, 0.3) is 0 Å². The Kier molecular flexibility index (Phi) is 4.90. The van der Waals surface area contributed by atoms with Gasteiger partial charge in [0.1, 0.15) is 0 Å². The second kappa shape index (κ2) is 7.06. The van der Waals surface area contributed by atoms with Crippen molar-refractivity contribution in [2.45, 2.75) is 10.8 Å². The standard InChI is InChI=1S/C15H14N2OS3/c18-14(16-8-7-11-4-3-9-19-11)10-20-15-17-12-5-1-2-6-13(12)21-15/h1-6,9H,7-8,10H2,(H,16,18). The van der Waals surface area contributed by atoms with E-state index in [9.17, 15) is 4.79 Å². The van der Waals surface area contributed by atoms with Crippen LogP contribution in [0, 0.1) is 0 Å². The average molecular weight is 334 g/mol. The lowest BCUT2D eigenvalue weighted by Crippen LogP contribution is -2.27. The number of hydrogen-bond acceptors (Lipinski definition) is 5. The summed E-state index contributed by atoms with van der Waals surface area (Å²) < 4.78 is 2.11. The third-order valence-electron chi connectivity index (χ3n) is 2.87. The molecule has 21 heavy (non-hydrogen) atoms. The first-order valence-electron chi connectivity index (χ1n) is 6.59. The molecule has 3 rings (SSSR count). The van der Waals surface area contributed by atoms with E-state index in [1.54, 1.807) is 22.7 Å². The summed E-state index contributed by atoms with van der Waals surface area (Å²) in [5.41, 5.74) is 1.00. The molecule has 0 bridgehead atoms. The van der Waals surface area contributed by atoms with Crippen LogP contribution in [0.2, 0.25) is 0 Å². The topological polar surface area (TPSA) is 42.0 Å². The first-order valence-corrected chi connectivity index (χ1v) is 9.27. The Morgan fingerprint density at radius 3 is 2.95 bits per heavy atom. The molecular formula is C15H14N2OS3. The maximum Gasteiger partial charge on any atom is 0.230 e. The van der Waals surface area contributed by atoms with Crippen LogP contribution in [0.5, 0.6) is 0 Å². The van der Waals surface area contributed by atoms with Crippen molar-refractivity contribution in [3.05, 3.63) is 46.7 Å². The van der Waals surface area contributed by atoms with Crippen molar-refractivity contribution in [1.29, 1.82) is 0 Å². The number of thiophene rings is 1. The zero-order chi connectivity index (χ0) is 14.5. The van der Waals surface area contributed by atoms with E-state index < -0.39 is 0 Å². The van der Waals surface area contributed by atoms with Crippen molar-refractivity contribution in [2.24, 2.45) is 0 Å². The van der Waals surface area contributed by atoms with Gasteiger partial charge in [-0.2, -0.15) is 0 Å². The van der Waals surface area contributed by atoms with E-state index in [0.717, 1.165) is 21.0 Å². The van der Waals surface area contributed by atoms with Gasteiger partial charge in [0.15, 0.2) is 4.34 Å². The van der Waals surface area contributed by atoms with Crippen LogP contribution >= 0.6 is 34.4 Å². The Morgan fingerprint density at radius 2 is 2.14 bits per heavy atom. The summed E-state index contributed by atoms with van der Waals surface area (Å²) in [5.74, 6) is 0.486. The summed E-state index contributed by atoms with van der Waals surface area (Å²) in [4.78, 5) is 17.6. The van der Waals surface area contributed by atoms with Crippen molar-refractivity contribution < 1.29 is 4.79 Å². The van der Waals surface area contributed by atoms with E-state index in [0.29, 0.717) is 12.3 Å². The highest BCUT2D eigenvalue weighted by molar-refractivity contribution is 8.01. The van der Waals surface area contributed by atoms with Crippen molar-refractivity contribution in [2.75, 3.05) is 12.3 Å². The highest BCUT2D eigenvalue weighted by atomic mass is 32.2. The third kappa shape index (κ3) is 4.06. The first kappa shape index (κ1) is 14.6. The fourth-order valence-electron chi connectivity index (χ4n) is 1.87. The minimum absolute atomic E-state index is 0.0656. The van der Waals surface area contributed by atoms with E-state index in [-0.39, 0.29) is 5.91 Å². The summed E-state index contributed by atoms with van der Waals surface area (Å²) >= 11 is 4.86. The van der Waals surface area contributed by atoms with Gasteiger partial charge in [-0.05, 0) is 30.0 Å². The Bertz CT molecular complexity index is 688. The quantitative estimate of drug-likeness (QED) is 0.697. The molecule has 0 aliphatic carbocycles. The number of thiazole rings is 1. The molecule has 1 N–H and O–H groups in total. The van der Waals surface area contributed by atoms with Crippen LogP contribution in [0.4, 0.5) is 0 Å². The van der Waals surface area contributed by atoms with E-state index in [4.69, 9.17) is 0 Å². The zero-order valence-corrected chi connectivity index (χ0v) is 13.7. The number of aromatic nitrogens is 1. The van der Waals surface area contributed by atoms with Crippen LogP contribution in [-0.4, -0.2) is 23.2 Å². The molecule has 0 spiro atoms. The SMILES string of the molecule is O=C(CSc1nc2ccccc2s1)NCCc1cccs1. The van der Waals surface area contributed by atoms with Crippen molar-refractivity contribution in [1.82, 2.24) is 10.3 Å². The number of para-hydroxylation sites is 1. The lowest BCUT2D eigenvalue weighted by Gasteiger charge is -2.02. The molecule has 0 radical (unpaired) electrons. The van der Waals surface area contributed by atoms with Crippen LogP contribution < -0.4 is 5.32 Å². The maximum atomic E-state index is 11.8. The number of amides is 1. The maximum absolute atomic E-state index is 11.8. The van der Waals surface area contributed by atoms with Gasteiger partial charge in [-0.3, -0.25) is 4.79 Å². The molecule has 3 aromatic rings. The monoisotopic (exact) mass is 334 g/mol. The predicted octanol–water partition coefficient (Wildman–Crippen LogP) is 3.81. The predicted molar refractivity (Wildman–Crippen MR) is 91.4 cm³/mol. The van der Waals surface area contributed by atoms with Gasteiger partial charge < -0.3 is 5.32 Å². The van der Waals surface area contributed by atoms with Gasteiger partial charge in [-0.25, -0.2) is 4.98 Å². The molecule has 1 amide bonds. The average Bonchev–Trinajstić information content (AvgIpc) is 3.13. The number of nitrogens with zero attached hydrogens (tertiary/aromatic N) is 1. The number of rotatable bonds is 6. The van der Waals surface area contributed by atoms with Gasteiger partial charge in [-0.1, -0.05) is 30.0 Å². The molecule has 0 saturated carbocycles. The number of fused-ring (bicyclic) bond motifs is 1. The number of hydrogen-bond donors (Lipinski definition) is 1. The molecule has 0 aliphatic heterocycles. The number of benzene rings is 1. The number of thioether (sulfide) groups is 1. The van der Waals surface area contributed by atoms with Crippen molar-refractivity contribution >= 4 is 50.6 Å². The second-order valence-electron chi connectivity index (χ2n) is 4.42. The van der Waals surface area contributed by atoms with Gasteiger partial charge in [0, 0.05) is 11.4 Å². The molecule has 0 saturated heterocycles. The Labute approximate surface area is 135 Å². The normalized spacial score (nSPS) is 10.9. The van der Waals surface area contributed by atoms with E-state index >= 15 is 0 Å². The van der Waals surface area contributed by atoms with Crippen LogP contribution in [0.3, 0.4) is 0 Å². The van der Waals surface area contributed by atoms with E-state index in [1.165, 1.54) is 16.6 Å². The molecular weight excluding hydrogens is 320 g/mol. The first-order chi connectivity index (χ1) is 10.3. The highest BCUT2D eigenvalue weighted by Gasteiger charge is 2.07. The van der Waals surface area contributed by atoms with Gasteiger partial charge >= 0.3 is 0 Å². The van der Waals surface area contributed by atoms with Crippen LogP contribution in [0.15, 0.2) is 46.1 Å². The van der Waals surface area contributed by atoms with Crippen LogP contribution in [0.25, 0.3) is 10.2 Å². The minimum Gasteiger partial charge on any atom is -0.355 e. The number of nitrogens with one attached hydrogen (secondary N) is 1. The molecule has 3 nitrogen and oxygen atoms in total. The van der Waals surface area contributed by atoms with Crippen molar-refractivity contribution in [3.63, 3.8) is 0 Å². The zero-order valence-electron chi connectivity index (χ0n) is 11.2. The molecule has 0 aliphatic rings. The fourth-order valence-corrected chi connectivity index (χ4v) is 4.48. The number of carbonyl (C=O) groups is 1. The lowest BCUT2D eigenvalue weighted by atomic mass is 10.3. The van der Waals surface area contributed by atoms with Crippen LogP contribution in [0.1, 0.15) is 4.88 Å². The molecule has 1 aromatic carbocycles. The second-order valence-corrected chi connectivity index (χ2v) is 7.70. The van der Waals surface area contributed by atoms with Gasteiger partial charge in [0.2, 0.25) is 5.91 Å². The van der Waals surface area contributed by atoms with Gasteiger partial charge in [-0.15, -0.1) is 22.7 Å². The summed E-state index contributed by atoms with van der Waals surface area (Å²) in [6.45, 7) is 0.694. The molecule has 0 unspecified atom stereocenters. The largest absolute Gasteiger partial charge is 0.355 e. The number of carbonyl (C=O) groups excluding carboxylic acids is 1. The third-order valence-corrected chi connectivity index (χ3v) is 5.99. The van der Waals surface area contributed by atoms with Crippen LogP contribution in [-0.2, 0) is 11.2 Å². The van der Waals surface area contributed by atoms with E-state index in [1.807, 2.05) is 24.3 Å². The lowest BCUT2D eigenvalue weighted by molar-refractivity contribution is -0.118. The molecule has 6 heteroatoms. The fraction of sp³-hybridized carbons (Fsp3) is 0.200. The molecule has 2 heterocycles. The Balaban J connectivity index is 1.44. The molecule has 0 fully saturated rings. The smallest absolute Gasteiger partial charge is 0.230 e. The summed E-state index contributed by atoms with van der Waals surface area (Å²) in [6.07, 6.45) is 0.898. The Hall–Kier alpha value is -1.37. The molecule has 2 aromatic heterocycles. The van der Waals surface area contributed by atoms with Crippen molar-refractivity contribution in [3.8, 4) is 0 Å². The minimum atomic E-state index is 0.0656. The van der Waals surface area contributed by atoms with Gasteiger partial charge in [0.05, 0.1) is 16.0 Å².